The van der Waals surface area contributed by atoms with Crippen LogP contribution in [0.4, 0.5) is 0 Å². The van der Waals surface area contributed by atoms with Crippen LogP contribution < -0.4 is 0 Å². The van der Waals surface area contributed by atoms with Gasteiger partial charge in [-0.1, -0.05) is 24.3 Å². The van der Waals surface area contributed by atoms with E-state index in [9.17, 15) is 5.11 Å². The Morgan fingerprint density at radius 1 is 1.44 bits per heavy atom. The van der Waals surface area contributed by atoms with Crippen molar-refractivity contribution in [2.75, 3.05) is 6.61 Å². The molecule has 0 radical (unpaired) electrons. The normalized spacial score (nSPS) is 20.4. The predicted octanol–water partition coefficient (Wildman–Crippen LogP) is 1.54. The molecule has 2 N–H and O–H groups in total. The number of nitrogens with one attached hydrogen (secondary N) is 1. The van der Waals surface area contributed by atoms with Gasteiger partial charge >= 0.3 is 0 Å². The van der Waals surface area contributed by atoms with Gasteiger partial charge in [-0.25, -0.2) is 4.98 Å². The predicted molar refractivity (Wildman–Crippen MR) is 64.8 cm³/mol. The molecule has 0 fully saturated rings. The van der Waals surface area contributed by atoms with E-state index in [1.807, 2.05) is 12.1 Å². The van der Waals surface area contributed by atoms with Crippen LogP contribution in [0.25, 0.3) is 0 Å². The van der Waals surface area contributed by atoms with Crippen molar-refractivity contribution in [1.82, 2.24) is 15.2 Å². The Labute approximate surface area is 105 Å². The molecule has 1 aromatic heterocycles. The smallest absolute Gasteiger partial charge is 0.153 e. The minimum atomic E-state index is -0.677. The highest BCUT2D eigenvalue weighted by atomic mass is 16.5. The molecule has 5 nitrogen and oxygen atoms in total. The standard InChI is InChI=1S/C13H15N3O2/c17-11(13-14-8-15-16-13)7-12-10-4-2-1-3-9(10)5-6-18-12/h1-4,8,11-12,17H,5-7H2,(H,14,15,16). The van der Waals surface area contributed by atoms with Gasteiger partial charge in [-0.3, -0.25) is 5.10 Å². The highest BCUT2D eigenvalue weighted by Gasteiger charge is 2.24. The van der Waals surface area contributed by atoms with Gasteiger partial charge in [-0.2, -0.15) is 5.10 Å². The summed E-state index contributed by atoms with van der Waals surface area (Å²) in [5.74, 6) is 0.488. The number of benzene rings is 1. The summed E-state index contributed by atoms with van der Waals surface area (Å²) >= 11 is 0. The number of H-pyrrole nitrogens is 1. The van der Waals surface area contributed by atoms with Crippen molar-refractivity contribution < 1.29 is 9.84 Å². The molecule has 3 rings (SSSR count). The van der Waals surface area contributed by atoms with Gasteiger partial charge in [-0.15, -0.1) is 0 Å². The third-order valence-electron chi connectivity index (χ3n) is 3.28. The maximum Gasteiger partial charge on any atom is 0.153 e. The second-order valence-electron chi connectivity index (χ2n) is 4.43. The quantitative estimate of drug-likeness (QED) is 0.860. The zero-order valence-electron chi connectivity index (χ0n) is 9.91. The molecule has 5 heteroatoms. The lowest BCUT2D eigenvalue weighted by Crippen LogP contribution is -2.18. The fourth-order valence-corrected chi connectivity index (χ4v) is 2.36. The zero-order chi connectivity index (χ0) is 12.4. The van der Waals surface area contributed by atoms with Crippen LogP contribution in [0.1, 0.15) is 35.6 Å². The SMILES string of the molecule is OC(CC1OCCc2ccccc21)c1ncn[nH]1. The van der Waals surface area contributed by atoms with Gasteiger partial charge in [0.2, 0.25) is 0 Å². The fourth-order valence-electron chi connectivity index (χ4n) is 2.36. The van der Waals surface area contributed by atoms with E-state index < -0.39 is 6.10 Å². The van der Waals surface area contributed by atoms with Crippen LogP contribution in [-0.2, 0) is 11.2 Å². The van der Waals surface area contributed by atoms with Gasteiger partial charge in [0.25, 0.3) is 0 Å². The van der Waals surface area contributed by atoms with Crippen molar-refractivity contribution >= 4 is 0 Å². The van der Waals surface area contributed by atoms with Crippen LogP contribution >= 0.6 is 0 Å². The maximum atomic E-state index is 10.1. The summed E-state index contributed by atoms with van der Waals surface area (Å²) in [4.78, 5) is 3.97. The summed E-state index contributed by atoms with van der Waals surface area (Å²) in [7, 11) is 0. The lowest BCUT2D eigenvalue weighted by molar-refractivity contribution is 0.00184. The number of aliphatic hydroxyl groups excluding tert-OH is 1. The van der Waals surface area contributed by atoms with E-state index in [0.717, 1.165) is 6.42 Å². The molecule has 2 aromatic rings. The molecule has 0 amide bonds. The molecule has 2 unspecified atom stereocenters. The lowest BCUT2D eigenvalue weighted by Gasteiger charge is -2.27. The van der Waals surface area contributed by atoms with Gasteiger partial charge < -0.3 is 9.84 Å². The Kier molecular flexibility index (Phi) is 3.08. The Bertz CT molecular complexity index is 513. The Balaban J connectivity index is 1.78. The first kappa shape index (κ1) is 11.4. The van der Waals surface area contributed by atoms with Crippen LogP contribution in [0.2, 0.25) is 0 Å². The van der Waals surface area contributed by atoms with Crippen LogP contribution in [0.3, 0.4) is 0 Å². The van der Waals surface area contributed by atoms with Gasteiger partial charge in [0.15, 0.2) is 5.82 Å². The van der Waals surface area contributed by atoms with Gasteiger partial charge in [0.05, 0.1) is 12.7 Å². The summed E-state index contributed by atoms with van der Waals surface area (Å²) in [6.07, 6.45) is 2.07. The van der Waals surface area contributed by atoms with E-state index in [1.165, 1.54) is 17.5 Å². The highest BCUT2D eigenvalue weighted by molar-refractivity contribution is 5.31. The molecule has 0 saturated carbocycles. The van der Waals surface area contributed by atoms with E-state index in [-0.39, 0.29) is 6.10 Å². The molecular weight excluding hydrogens is 230 g/mol. The zero-order valence-corrected chi connectivity index (χ0v) is 9.91. The first-order valence-electron chi connectivity index (χ1n) is 6.07. The van der Waals surface area contributed by atoms with Crippen LogP contribution in [0, 0.1) is 0 Å². The summed E-state index contributed by atoms with van der Waals surface area (Å²) < 4.78 is 5.75. The Morgan fingerprint density at radius 2 is 2.33 bits per heavy atom. The average molecular weight is 245 g/mol. The number of hydrogen-bond acceptors (Lipinski definition) is 4. The van der Waals surface area contributed by atoms with Crippen molar-refractivity contribution in [2.24, 2.45) is 0 Å². The lowest BCUT2D eigenvalue weighted by atomic mass is 9.94. The number of hydrogen-bond donors (Lipinski definition) is 2. The summed E-state index contributed by atoms with van der Waals surface area (Å²) in [5, 5.41) is 16.5. The number of ether oxygens (including phenoxy) is 1. The molecule has 0 spiro atoms. The van der Waals surface area contributed by atoms with Crippen molar-refractivity contribution in [2.45, 2.75) is 25.0 Å². The van der Waals surface area contributed by atoms with Crippen molar-refractivity contribution in [3.63, 3.8) is 0 Å². The molecule has 94 valence electrons. The second-order valence-corrected chi connectivity index (χ2v) is 4.43. The molecule has 1 aliphatic rings. The van der Waals surface area contributed by atoms with Crippen LogP contribution in [0.15, 0.2) is 30.6 Å². The highest BCUT2D eigenvalue weighted by Crippen LogP contribution is 2.33. The van der Waals surface area contributed by atoms with Gasteiger partial charge in [0.1, 0.15) is 12.4 Å². The number of aliphatic hydroxyl groups is 1. The monoisotopic (exact) mass is 245 g/mol. The molecule has 0 bridgehead atoms. The Morgan fingerprint density at radius 3 is 3.17 bits per heavy atom. The minimum absolute atomic E-state index is 0.0740. The number of nitrogens with zero attached hydrogens (tertiary/aromatic N) is 2. The molecule has 18 heavy (non-hydrogen) atoms. The first-order chi connectivity index (χ1) is 8.84. The van der Waals surface area contributed by atoms with E-state index in [1.54, 1.807) is 0 Å². The maximum absolute atomic E-state index is 10.1. The summed E-state index contributed by atoms with van der Waals surface area (Å²) in [6, 6.07) is 8.22. The molecule has 2 atom stereocenters. The van der Waals surface area contributed by atoms with Gasteiger partial charge in [0, 0.05) is 6.42 Å². The topological polar surface area (TPSA) is 71.0 Å². The largest absolute Gasteiger partial charge is 0.385 e. The Hall–Kier alpha value is -1.72. The number of fused-ring (bicyclic) bond motifs is 1. The third kappa shape index (κ3) is 2.14. The number of rotatable bonds is 3. The van der Waals surface area contributed by atoms with E-state index in [2.05, 4.69) is 27.3 Å². The molecule has 1 aliphatic heterocycles. The molecule has 0 saturated heterocycles. The fraction of sp³-hybridized carbons (Fsp3) is 0.385. The van der Waals surface area contributed by atoms with E-state index in [0.29, 0.717) is 18.9 Å². The number of aromatic amines is 1. The van der Waals surface area contributed by atoms with Crippen LogP contribution in [-0.4, -0.2) is 26.9 Å². The second kappa shape index (κ2) is 4.88. The first-order valence-corrected chi connectivity index (χ1v) is 6.07. The number of aromatic nitrogens is 3. The van der Waals surface area contributed by atoms with E-state index >= 15 is 0 Å². The summed E-state index contributed by atoms with van der Waals surface area (Å²) in [5.41, 5.74) is 2.47. The van der Waals surface area contributed by atoms with Crippen molar-refractivity contribution in [1.29, 1.82) is 0 Å². The minimum Gasteiger partial charge on any atom is -0.385 e. The molecular formula is C13H15N3O2. The average Bonchev–Trinajstić information content (AvgIpc) is 2.93. The van der Waals surface area contributed by atoms with Gasteiger partial charge in [-0.05, 0) is 17.5 Å². The third-order valence-corrected chi connectivity index (χ3v) is 3.28. The molecule has 0 aliphatic carbocycles. The summed E-state index contributed by atoms with van der Waals surface area (Å²) in [6.45, 7) is 0.699. The molecule has 1 aromatic carbocycles. The van der Waals surface area contributed by atoms with Crippen LogP contribution in [0.5, 0.6) is 0 Å². The molecule has 2 heterocycles. The van der Waals surface area contributed by atoms with E-state index in [4.69, 9.17) is 4.74 Å². The van der Waals surface area contributed by atoms with Crippen molar-refractivity contribution in [3.05, 3.63) is 47.5 Å². The van der Waals surface area contributed by atoms with Crippen molar-refractivity contribution in [3.8, 4) is 0 Å².